The van der Waals surface area contributed by atoms with Crippen LogP contribution < -0.4 is 4.90 Å². The standard InChI is InChI=1S/C20H21N5O2/c1-2-16-12-19(22-14-21-16)24-8-10-25(11-9-24)20(26)17-13-18(27-23-17)15-6-4-3-5-7-15/h3-7,12-14H,2,8-11H2,1H3. The molecule has 3 aromatic rings. The Morgan fingerprint density at radius 3 is 2.59 bits per heavy atom. The number of carbonyl (C=O) groups excluding carboxylic acids is 1. The smallest absolute Gasteiger partial charge is 0.276 e. The van der Waals surface area contributed by atoms with Crippen LogP contribution in [0.15, 0.2) is 53.3 Å². The van der Waals surface area contributed by atoms with E-state index in [-0.39, 0.29) is 5.91 Å². The molecule has 4 rings (SSSR count). The number of aromatic nitrogens is 3. The topological polar surface area (TPSA) is 75.4 Å². The normalized spacial score (nSPS) is 14.4. The van der Waals surface area contributed by atoms with Gasteiger partial charge in [-0.2, -0.15) is 0 Å². The Bertz CT molecular complexity index is 917. The van der Waals surface area contributed by atoms with Crippen molar-refractivity contribution >= 4 is 11.7 Å². The molecule has 0 unspecified atom stereocenters. The maximum atomic E-state index is 12.7. The minimum atomic E-state index is -0.0995. The monoisotopic (exact) mass is 363 g/mol. The highest BCUT2D eigenvalue weighted by Crippen LogP contribution is 2.21. The molecular weight excluding hydrogens is 342 g/mol. The van der Waals surface area contributed by atoms with Crippen molar-refractivity contribution < 1.29 is 9.32 Å². The van der Waals surface area contributed by atoms with Gasteiger partial charge in [-0.05, 0) is 6.42 Å². The molecule has 1 fully saturated rings. The van der Waals surface area contributed by atoms with Gasteiger partial charge in [0.05, 0.1) is 0 Å². The number of nitrogens with zero attached hydrogens (tertiary/aromatic N) is 5. The number of hydrogen-bond donors (Lipinski definition) is 0. The molecule has 2 aromatic heterocycles. The van der Waals surface area contributed by atoms with E-state index < -0.39 is 0 Å². The quantitative estimate of drug-likeness (QED) is 0.709. The summed E-state index contributed by atoms with van der Waals surface area (Å²) in [6.07, 6.45) is 2.48. The Balaban J connectivity index is 1.41. The number of piperazine rings is 1. The predicted octanol–water partition coefficient (Wildman–Crippen LogP) is 2.66. The van der Waals surface area contributed by atoms with Gasteiger partial charge in [0.15, 0.2) is 11.5 Å². The minimum Gasteiger partial charge on any atom is -0.355 e. The fourth-order valence-electron chi connectivity index (χ4n) is 3.17. The molecule has 3 heterocycles. The average Bonchev–Trinajstić information content (AvgIpc) is 3.24. The van der Waals surface area contributed by atoms with E-state index in [1.165, 1.54) is 0 Å². The third-order valence-corrected chi connectivity index (χ3v) is 4.75. The van der Waals surface area contributed by atoms with Crippen LogP contribution in [0.2, 0.25) is 0 Å². The second-order valence-electron chi connectivity index (χ2n) is 6.44. The Kier molecular flexibility index (Phi) is 4.82. The largest absolute Gasteiger partial charge is 0.355 e. The van der Waals surface area contributed by atoms with Crippen LogP contribution in [0.5, 0.6) is 0 Å². The number of anilines is 1. The SMILES string of the molecule is CCc1cc(N2CCN(C(=O)c3cc(-c4ccccc4)on3)CC2)ncn1. The first-order chi connectivity index (χ1) is 13.2. The lowest BCUT2D eigenvalue weighted by molar-refractivity contribution is 0.0736. The number of benzene rings is 1. The maximum absolute atomic E-state index is 12.7. The molecule has 1 amide bonds. The summed E-state index contributed by atoms with van der Waals surface area (Å²) >= 11 is 0. The Hall–Kier alpha value is -3.22. The van der Waals surface area contributed by atoms with Gasteiger partial charge in [-0.15, -0.1) is 0 Å². The van der Waals surface area contributed by atoms with Gasteiger partial charge < -0.3 is 14.3 Å². The molecule has 0 N–H and O–H groups in total. The molecule has 1 aliphatic rings. The zero-order chi connectivity index (χ0) is 18.6. The van der Waals surface area contributed by atoms with Crippen molar-refractivity contribution in [1.29, 1.82) is 0 Å². The van der Waals surface area contributed by atoms with Gasteiger partial charge in [0, 0.05) is 49.6 Å². The van der Waals surface area contributed by atoms with E-state index in [1.807, 2.05) is 41.3 Å². The van der Waals surface area contributed by atoms with Crippen LogP contribution in [0.3, 0.4) is 0 Å². The molecule has 0 aliphatic carbocycles. The first-order valence-electron chi connectivity index (χ1n) is 9.12. The molecular formula is C20H21N5O2. The second-order valence-corrected chi connectivity index (χ2v) is 6.44. The van der Waals surface area contributed by atoms with Gasteiger partial charge in [-0.3, -0.25) is 4.79 Å². The first kappa shape index (κ1) is 17.2. The minimum absolute atomic E-state index is 0.0995. The molecule has 7 nitrogen and oxygen atoms in total. The lowest BCUT2D eigenvalue weighted by atomic mass is 10.1. The van der Waals surface area contributed by atoms with Crippen molar-refractivity contribution in [3.8, 4) is 11.3 Å². The Morgan fingerprint density at radius 1 is 1.07 bits per heavy atom. The summed E-state index contributed by atoms with van der Waals surface area (Å²) in [6, 6.07) is 13.4. The fourth-order valence-corrected chi connectivity index (χ4v) is 3.17. The van der Waals surface area contributed by atoms with Crippen molar-refractivity contribution in [2.75, 3.05) is 31.1 Å². The van der Waals surface area contributed by atoms with Gasteiger partial charge in [-0.25, -0.2) is 9.97 Å². The van der Waals surface area contributed by atoms with E-state index in [2.05, 4.69) is 26.9 Å². The highest BCUT2D eigenvalue weighted by molar-refractivity contribution is 5.93. The molecule has 0 saturated carbocycles. The zero-order valence-electron chi connectivity index (χ0n) is 15.2. The van der Waals surface area contributed by atoms with Crippen molar-refractivity contribution in [3.05, 3.63) is 60.2 Å². The van der Waals surface area contributed by atoms with Gasteiger partial charge in [0.2, 0.25) is 0 Å². The number of hydrogen-bond acceptors (Lipinski definition) is 6. The van der Waals surface area contributed by atoms with Gasteiger partial charge in [0.1, 0.15) is 12.1 Å². The van der Waals surface area contributed by atoms with Crippen LogP contribution in [-0.2, 0) is 6.42 Å². The van der Waals surface area contributed by atoms with Crippen molar-refractivity contribution in [2.45, 2.75) is 13.3 Å². The van der Waals surface area contributed by atoms with Crippen LogP contribution in [0.25, 0.3) is 11.3 Å². The zero-order valence-corrected chi connectivity index (χ0v) is 15.2. The molecule has 0 bridgehead atoms. The summed E-state index contributed by atoms with van der Waals surface area (Å²) in [5.41, 5.74) is 2.27. The van der Waals surface area contributed by atoms with E-state index in [0.717, 1.165) is 36.6 Å². The molecule has 0 radical (unpaired) electrons. The van der Waals surface area contributed by atoms with E-state index >= 15 is 0 Å². The number of aryl methyl sites for hydroxylation is 1. The molecule has 0 spiro atoms. The summed E-state index contributed by atoms with van der Waals surface area (Å²) in [5.74, 6) is 1.42. The molecule has 1 saturated heterocycles. The molecule has 0 atom stereocenters. The highest BCUT2D eigenvalue weighted by Gasteiger charge is 2.25. The van der Waals surface area contributed by atoms with Crippen LogP contribution in [0.1, 0.15) is 23.1 Å². The third-order valence-electron chi connectivity index (χ3n) is 4.75. The van der Waals surface area contributed by atoms with E-state index in [4.69, 9.17) is 4.52 Å². The summed E-state index contributed by atoms with van der Waals surface area (Å²) in [5, 5.41) is 3.97. The summed E-state index contributed by atoms with van der Waals surface area (Å²) in [4.78, 5) is 25.3. The van der Waals surface area contributed by atoms with E-state index in [0.29, 0.717) is 24.5 Å². The van der Waals surface area contributed by atoms with Crippen LogP contribution in [0.4, 0.5) is 5.82 Å². The summed E-state index contributed by atoms with van der Waals surface area (Å²) < 4.78 is 5.35. The van der Waals surface area contributed by atoms with Gasteiger partial charge in [0.25, 0.3) is 5.91 Å². The Labute approximate surface area is 157 Å². The van der Waals surface area contributed by atoms with Crippen LogP contribution >= 0.6 is 0 Å². The van der Waals surface area contributed by atoms with E-state index in [9.17, 15) is 4.79 Å². The summed E-state index contributed by atoms with van der Waals surface area (Å²) in [6.45, 7) is 4.78. The molecule has 27 heavy (non-hydrogen) atoms. The third kappa shape index (κ3) is 3.67. The lowest BCUT2D eigenvalue weighted by Gasteiger charge is -2.35. The van der Waals surface area contributed by atoms with Crippen molar-refractivity contribution in [3.63, 3.8) is 0 Å². The number of carbonyl (C=O) groups is 1. The number of amides is 1. The summed E-state index contributed by atoms with van der Waals surface area (Å²) in [7, 11) is 0. The second kappa shape index (κ2) is 7.57. The molecule has 1 aromatic carbocycles. The molecule has 138 valence electrons. The fraction of sp³-hybridized carbons (Fsp3) is 0.300. The van der Waals surface area contributed by atoms with Crippen LogP contribution in [0, 0.1) is 0 Å². The molecule has 1 aliphatic heterocycles. The van der Waals surface area contributed by atoms with Crippen LogP contribution in [-0.4, -0.2) is 52.1 Å². The average molecular weight is 363 g/mol. The Morgan fingerprint density at radius 2 is 1.85 bits per heavy atom. The lowest BCUT2D eigenvalue weighted by Crippen LogP contribution is -2.49. The maximum Gasteiger partial charge on any atom is 0.276 e. The van der Waals surface area contributed by atoms with E-state index in [1.54, 1.807) is 12.4 Å². The van der Waals surface area contributed by atoms with Gasteiger partial charge in [-0.1, -0.05) is 42.4 Å². The predicted molar refractivity (Wildman–Crippen MR) is 101 cm³/mol. The van der Waals surface area contributed by atoms with Crippen molar-refractivity contribution in [1.82, 2.24) is 20.0 Å². The van der Waals surface area contributed by atoms with Gasteiger partial charge >= 0.3 is 0 Å². The molecule has 7 heteroatoms. The highest BCUT2D eigenvalue weighted by atomic mass is 16.5. The first-order valence-corrected chi connectivity index (χ1v) is 9.12. The van der Waals surface area contributed by atoms with Crippen molar-refractivity contribution in [2.24, 2.45) is 0 Å². The number of rotatable bonds is 4.